The van der Waals surface area contributed by atoms with Gasteiger partial charge < -0.3 is 20.3 Å². The monoisotopic (exact) mass is 517 g/mol. The highest BCUT2D eigenvalue weighted by Gasteiger charge is 2.28. The summed E-state index contributed by atoms with van der Waals surface area (Å²) in [6, 6.07) is 8.49. The lowest BCUT2D eigenvalue weighted by molar-refractivity contribution is 0.0982. The molecule has 1 fully saturated rings. The van der Waals surface area contributed by atoms with Gasteiger partial charge in [-0.25, -0.2) is 0 Å². The summed E-state index contributed by atoms with van der Waals surface area (Å²) < 4.78 is 5.39. The molecule has 0 spiro atoms. The predicted octanol–water partition coefficient (Wildman–Crippen LogP) is 3.35. The zero-order valence-electron chi connectivity index (χ0n) is 19.0. The number of piperidine rings is 1. The van der Waals surface area contributed by atoms with E-state index >= 15 is 0 Å². The van der Waals surface area contributed by atoms with Gasteiger partial charge in [-0.05, 0) is 71.6 Å². The van der Waals surface area contributed by atoms with Gasteiger partial charge in [0.15, 0.2) is 5.96 Å². The lowest BCUT2D eigenvalue weighted by atomic mass is 9.98. The molecule has 1 aromatic rings. The summed E-state index contributed by atoms with van der Waals surface area (Å²) in [5.74, 6) is 1.73. The summed E-state index contributed by atoms with van der Waals surface area (Å²) in [4.78, 5) is 9.24. The van der Waals surface area contributed by atoms with Gasteiger partial charge in [0.25, 0.3) is 0 Å². The summed E-state index contributed by atoms with van der Waals surface area (Å²) in [5.41, 5.74) is 1.34. The zero-order valence-corrected chi connectivity index (χ0v) is 21.3. The van der Waals surface area contributed by atoms with Crippen LogP contribution in [0.15, 0.2) is 29.3 Å². The maximum atomic E-state index is 5.39. The molecule has 0 aliphatic carbocycles. The van der Waals surface area contributed by atoms with Gasteiger partial charge in [-0.2, -0.15) is 0 Å². The summed E-state index contributed by atoms with van der Waals surface area (Å²) in [6.07, 6.45) is 3.97. The van der Waals surface area contributed by atoms with Crippen molar-refractivity contribution in [3.8, 4) is 5.75 Å². The van der Waals surface area contributed by atoms with Gasteiger partial charge in [-0.1, -0.05) is 18.6 Å². The minimum Gasteiger partial charge on any atom is -0.497 e. The Balaban J connectivity index is 0.00000420. The molecule has 0 aromatic heterocycles. The quantitative estimate of drug-likeness (QED) is 0.315. The number of halogens is 1. The van der Waals surface area contributed by atoms with E-state index in [9.17, 15) is 0 Å². The molecule has 166 valence electrons. The third-order valence-electron chi connectivity index (χ3n) is 5.69. The van der Waals surface area contributed by atoms with Crippen LogP contribution < -0.4 is 15.4 Å². The second-order valence-electron chi connectivity index (χ2n) is 8.42. The average molecular weight is 518 g/mol. The van der Waals surface area contributed by atoms with Crippen LogP contribution in [0.2, 0.25) is 0 Å². The van der Waals surface area contributed by atoms with Crippen LogP contribution in [-0.2, 0) is 0 Å². The molecular formula is C22H40IN5O. The fraction of sp³-hybridized carbons (Fsp3) is 0.682. The van der Waals surface area contributed by atoms with Crippen molar-refractivity contribution in [2.45, 2.75) is 44.7 Å². The third kappa shape index (κ3) is 7.94. The maximum absolute atomic E-state index is 5.39. The van der Waals surface area contributed by atoms with Crippen molar-refractivity contribution in [3.05, 3.63) is 29.8 Å². The SMILES string of the molecule is CN=C(NCC(c1cccc(OC)c1)N(C)C)NCC(C)(C)N1CCCCC1.I. The van der Waals surface area contributed by atoms with Crippen LogP contribution in [0.3, 0.4) is 0 Å². The number of likely N-dealkylation sites (N-methyl/N-ethyl adjacent to an activating group) is 1. The van der Waals surface area contributed by atoms with Crippen LogP contribution in [0.4, 0.5) is 0 Å². The fourth-order valence-corrected chi connectivity index (χ4v) is 3.77. The lowest BCUT2D eigenvalue weighted by Crippen LogP contribution is -2.55. The maximum Gasteiger partial charge on any atom is 0.191 e. The molecule has 1 heterocycles. The van der Waals surface area contributed by atoms with Crippen LogP contribution >= 0.6 is 24.0 Å². The molecule has 1 aliphatic rings. The first-order valence-corrected chi connectivity index (χ1v) is 10.4. The Hall–Kier alpha value is -1.06. The molecule has 7 heteroatoms. The van der Waals surface area contributed by atoms with Crippen LogP contribution in [0.25, 0.3) is 0 Å². The Morgan fingerprint density at radius 3 is 2.48 bits per heavy atom. The van der Waals surface area contributed by atoms with E-state index < -0.39 is 0 Å². The van der Waals surface area contributed by atoms with Gasteiger partial charge in [0.05, 0.1) is 13.2 Å². The van der Waals surface area contributed by atoms with Crippen LogP contribution in [0.5, 0.6) is 5.75 Å². The molecule has 6 nitrogen and oxygen atoms in total. The lowest BCUT2D eigenvalue weighted by Gasteiger charge is -2.41. The van der Waals surface area contributed by atoms with Crippen LogP contribution in [-0.4, -0.2) is 75.7 Å². The molecule has 1 atom stereocenters. The Morgan fingerprint density at radius 2 is 1.90 bits per heavy atom. The number of rotatable bonds is 8. The number of guanidine groups is 1. The molecule has 1 saturated heterocycles. The molecule has 29 heavy (non-hydrogen) atoms. The number of hydrogen-bond donors (Lipinski definition) is 2. The summed E-state index contributed by atoms with van der Waals surface area (Å²) in [5, 5.41) is 7.03. The van der Waals surface area contributed by atoms with E-state index in [0.29, 0.717) is 0 Å². The van der Waals surface area contributed by atoms with Gasteiger partial charge in [0.2, 0.25) is 0 Å². The van der Waals surface area contributed by atoms with Crippen molar-refractivity contribution in [1.29, 1.82) is 0 Å². The standard InChI is InChI=1S/C22H39N5O.HI/c1-22(2,27-13-8-7-9-14-27)17-25-21(23-3)24-16-20(26(4)5)18-11-10-12-19(15-18)28-6;/h10-12,15,20H,7-9,13-14,16-17H2,1-6H3,(H2,23,24,25);1H. The molecular weight excluding hydrogens is 477 g/mol. The number of ether oxygens (including phenoxy) is 1. The van der Waals surface area contributed by atoms with E-state index in [0.717, 1.165) is 24.8 Å². The van der Waals surface area contributed by atoms with Gasteiger partial charge in [0.1, 0.15) is 5.75 Å². The highest BCUT2D eigenvalue weighted by atomic mass is 127. The summed E-state index contributed by atoms with van der Waals surface area (Å²) in [6.45, 7) is 8.66. The van der Waals surface area contributed by atoms with Crippen molar-refractivity contribution in [3.63, 3.8) is 0 Å². The smallest absolute Gasteiger partial charge is 0.191 e. The first-order valence-electron chi connectivity index (χ1n) is 10.4. The molecule has 0 saturated carbocycles. The van der Waals surface area contributed by atoms with Gasteiger partial charge in [-0.15, -0.1) is 24.0 Å². The Kier molecular flexibility index (Phi) is 11.3. The number of hydrogen-bond acceptors (Lipinski definition) is 4. The second kappa shape index (κ2) is 12.6. The van der Waals surface area contributed by atoms with E-state index in [1.165, 1.54) is 37.9 Å². The predicted molar refractivity (Wildman–Crippen MR) is 134 cm³/mol. The van der Waals surface area contributed by atoms with E-state index in [4.69, 9.17) is 4.74 Å². The van der Waals surface area contributed by atoms with Gasteiger partial charge >= 0.3 is 0 Å². The van der Waals surface area contributed by atoms with Crippen LogP contribution in [0.1, 0.15) is 44.7 Å². The van der Waals surface area contributed by atoms with E-state index in [1.807, 2.05) is 19.2 Å². The molecule has 1 unspecified atom stereocenters. The number of aliphatic imine (C=N–C) groups is 1. The highest BCUT2D eigenvalue weighted by Crippen LogP contribution is 2.22. The van der Waals surface area contributed by atoms with Crippen LogP contribution in [0, 0.1) is 0 Å². The third-order valence-corrected chi connectivity index (χ3v) is 5.69. The normalized spacial score (nSPS) is 16.9. The molecule has 2 N–H and O–H groups in total. The number of methoxy groups -OCH3 is 1. The van der Waals surface area contributed by atoms with E-state index in [1.54, 1.807) is 7.11 Å². The summed E-state index contributed by atoms with van der Waals surface area (Å²) >= 11 is 0. The molecule has 0 radical (unpaired) electrons. The fourth-order valence-electron chi connectivity index (χ4n) is 3.77. The average Bonchev–Trinajstić information content (AvgIpc) is 2.71. The molecule has 2 rings (SSSR count). The molecule has 1 aliphatic heterocycles. The number of nitrogens with one attached hydrogen (secondary N) is 2. The topological polar surface area (TPSA) is 52.1 Å². The molecule has 0 bridgehead atoms. The first-order chi connectivity index (χ1) is 13.4. The zero-order chi connectivity index (χ0) is 20.6. The largest absolute Gasteiger partial charge is 0.497 e. The number of benzene rings is 1. The highest BCUT2D eigenvalue weighted by molar-refractivity contribution is 14.0. The number of likely N-dealkylation sites (tertiary alicyclic amines) is 1. The molecule has 0 amide bonds. The first kappa shape index (κ1) is 26.0. The second-order valence-corrected chi connectivity index (χ2v) is 8.42. The van der Waals surface area contributed by atoms with E-state index in [2.05, 4.69) is 65.5 Å². The molecule has 1 aromatic carbocycles. The Labute approximate surface area is 194 Å². The Morgan fingerprint density at radius 1 is 1.21 bits per heavy atom. The van der Waals surface area contributed by atoms with Crippen molar-refractivity contribution in [1.82, 2.24) is 20.4 Å². The summed E-state index contributed by atoms with van der Waals surface area (Å²) in [7, 11) is 7.74. The van der Waals surface area contributed by atoms with Crippen molar-refractivity contribution < 1.29 is 4.74 Å². The minimum atomic E-state index is 0. The van der Waals surface area contributed by atoms with Crippen molar-refractivity contribution >= 4 is 29.9 Å². The minimum absolute atomic E-state index is 0. The van der Waals surface area contributed by atoms with Crippen molar-refractivity contribution in [2.75, 3.05) is 54.4 Å². The van der Waals surface area contributed by atoms with Gasteiger partial charge in [0, 0.05) is 25.7 Å². The van der Waals surface area contributed by atoms with E-state index in [-0.39, 0.29) is 35.6 Å². The number of nitrogens with zero attached hydrogens (tertiary/aromatic N) is 3. The Bertz CT molecular complexity index is 629. The van der Waals surface area contributed by atoms with Gasteiger partial charge in [-0.3, -0.25) is 9.89 Å². The van der Waals surface area contributed by atoms with Crippen molar-refractivity contribution in [2.24, 2.45) is 4.99 Å².